The molecular weight excluding hydrogens is 344 g/mol. The highest BCUT2D eigenvalue weighted by Gasteiger charge is 2.26. The van der Waals surface area contributed by atoms with Crippen LogP contribution in [0, 0.1) is 6.92 Å². The molecular formula is C18H21ClN2O2S. The van der Waals surface area contributed by atoms with E-state index in [1.807, 2.05) is 43.3 Å². The van der Waals surface area contributed by atoms with Gasteiger partial charge in [0.2, 0.25) is 10.0 Å². The van der Waals surface area contributed by atoms with Gasteiger partial charge in [0.1, 0.15) is 0 Å². The molecule has 128 valence electrons. The summed E-state index contributed by atoms with van der Waals surface area (Å²) in [4.78, 5) is 2.56. The molecule has 1 fully saturated rings. The summed E-state index contributed by atoms with van der Waals surface area (Å²) in [6.45, 7) is 4.44. The van der Waals surface area contributed by atoms with E-state index in [9.17, 15) is 8.42 Å². The molecule has 1 saturated heterocycles. The monoisotopic (exact) mass is 364 g/mol. The van der Waals surface area contributed by atoms with Crippen molar-refractivity contribution in [2.45, 2.75) is 18.2 Å². The highest BCUT2D eigenvalue weighted by atomic mass is 35.5. The predicted molar refractivity (Wildman–Crippen MR) is 98.2 cm³/mol. The molecule has 3 rings (SSSR count). The zero-order chi connectivity index (χ0) is 17.2. The Bertz CT molecular complexity index is 806. The van der Waals surface area contributed by atoms with E-state index < -0.39 is 10.0 Å². The van der Waals surface area contributed by atoms with Crippen molar-refractivity contribution < 1.29 is 8.42 Å². The van der Waals surface area contributed by atoms with Crippen molar-refractivity contribution in [1.82, 2.24) is 4.31 Å². The van der Waals surface area contributed by atoms with Gasteiger partial charge in [-0.1, -0.05) is 35.4 Å². The van der Waals surface area contributed by atoms with E-state index >= 15 is 0 Å². The van der Waals surface area contributed by atoms with Gasteiger partial charge in [-0.05, 0) is 43.7 Å². The third-order valence-electron chi connectivity index (χ3n) is 4.29. The van der Waals surface area contributed by atoms with Crippen LogP contribution in [0.2, 0.25) is 5.02 Å². The van der Waals surface area contributed by atoms with E-state index in [1.54, 1.807) is 16.4 Å². The first-order valence-electron chi connectivity index (χ1n) is 8.04. The molecule has 0 aromatic heterocycles. The molecule has 2 aromatic rings. The summed E-state index contributed by atoms with van der Waals surface area (Å²) in [5.74, 6) is 0. The predicted octanol–water partition coefficient (Wildman–Crippen LogP) is 3.55. The van der Waals surface area contributed by atoms with Gasteiger partial charge in [0, 0.05) is 36.9 Å². The van der Waals surface area contributed by atoms with Crippen LogP contribution in [0.15, 0.2) is 53.4 Å². The number of hydrogen-bond donors (Lipinski definition) is 0. The number of hydrogen-bond acceptors (Lipinski definition) is 3. The number of sulfonamides is 1. The van der Waals surface area contributed by atoms with Crippen molar-refractivity contribution in [1.29, 1.82) is 0 Å². The molecule has 0 spiro atoms. The number of benzene rings is 2. The highest BCUT2D eigenvalue weighted by molar-refractivity contribution is 7.89. The molecule has 4 nitrogen and oxygen atoms in total. The summed E-state index contributed by atoms with van der Waals surface area (Å²) < 4.78 is 27.3. The minimum absolute atomic E-state index is 0.365. The summed E-state index contributed by atoms with van der Waals surface area (Å²) in [6.07, 6.45) is 0.789. The minimum atomic E-state index is -3.44. The average Bonchev–Trinajstić information content (AvgIpc) is 2.82. The number of halogens is 1. The quantitative estimate of drug-likeness (QED) is 0.836. The van der Waals surface area contributed by atoms with E-state index in [2.05, 4.69) is 4.90 Å². The van der Waals surface area contributed by atoms with Crippen molar-refractivity contribution in [3.05, 3.63) is 59.1 Å². The van der Waals surface area contributed by atoms with Crippen molar-refractivity contribution in [2.24, 2.45) is 0 Å². The second kappa shape index (κ2) is 7.13. The van der Waals surface area contributed by atoms with Gasteiger partial charge in [-0.15, -0.1) is 0 Å². The van der Waals surface area contributed by atoms with E-state index in [0.717, 1.165) is 24.2 Å². The smallest absolute Gasteiger partial charge is 0.243 e. The maximum Gasteiger partial charge on any atom is 0.243 e. The van der Waals surface area contributed by atoms with Crippen LogP contribution >= 0.6 is 11.6 Å². The molecule has 0 amide bonds. The van der Waals surface area contributed by atoms with Crippen molar-refractivity contribution in [3.8, 4) is 0 Å². The van der Waals surface area contributed by atoms with Crippen molar-refractivity contribution >= 4 is 27.3 Å². The molecule has 0 atom stereocenters. The van der Waals surface area contributed by atoms with Crippen LogP contribution < -0.4 is 4.90 Å². The van der Waals surface area contributed by atoms with Gasteiger partial charge >= 0.3 is 0 Å². The van der Waals surface area contributed by atoms with Gasteiger partial charge in [0.15, 0.2) is 0 Å². The van der Waals surface area contributed by atoms with Crippen LogP contribution in [-0.4, -0.2) is 38.9 Å². The second-order valence-electron chi connectivity index (χ2n) is 6.04. The Hall–Kier alpha value is -1.56. The maximum atomic E-state index is 12.8. The molecule has 24 heavy (non-hydrogen) atoms. The minimum Gasteiger partial charge on any atom is -0.370 e. The first-order chi connectivity index (χ1) is 11.5. The molecule has 0 saturated carbocycles. The number of anilines is 1. The fourth-order valence-corrected chi connectivity index (χ4v) is 4.58. The van der Waals surface area contributed by atoms with Crippen molar-refractivity contribution in [3.63, 3.8) is 0 Å². The zero-order valence-corrected chi connectivity index (χ0v) is 15.2. The van der Waals surface area contributed by atoms with Gasteiger partial charge in [-0.25, -0.2) is 8.42 Å². The lowest BCUT2D eigenvalue weighted by Crippen LogP contribution is -2.35. The van der Waals surface area contributed by atoms with Crippen molar-refractivity contribution in [2.75, 3.05) is 31.1 Å². The summed E-state index contributed by atoms with van der Waals surface area (Å²) in [5.41, 5.74) is 2.09. The zero-order valence-electron chi connectivity index (χ0n) is 13.7. The SMILES string of the molecule is Cc1ccc(S(=O)(=O)N2CCCN(c3cccc(Cl)c3)CC2)cc1. The van der Waals surface area contributed by atoms with Gasteiger partial charge < -0.3 is 4.90 Å². The van der Waals surface area contributed by atoms with E-state index in [1.165, 1.54) is 0 Å². The third kappa shape index (κ3) is 3.74. The summed E-state index contributed by atoms with van der Waals surface area (Å²) >= 11 is 6.07. The van der Waals surface area contributed by atoms with Crippen LogP contribution in [0.25, 0.3) is 0 Å². The molecule has 1 aliphatic rings. The molecule has 6 heteroatoms. The molecule has 2 aromatic carbocycles. The number of aryl methyl sites for hydroxylation is 1. The van der Waals surface area contributed by atoms with Gasteiger partial charge in [-0.3, -0.25) is 0 Å². The Morgan fingerprint density at radius 2 is 1.71 bits per heavy atom. The lowest BCUT2D eigenvalue weighted by atomic mass is 10.2. The summed E-state index contributed by atoms with van der Waals surface area (Å²) in [5, 5.41) is 0.695. The number of rotatable bonds is 3. The van der Waals surface area contributed by atoms with Crippen LogP contribution in [0.1, 0.15) is 12.0 Å². The van der Waals surface area contributed by atoms with Crippen LogP contribution in [0.5, 0.6) is 0 Å². The summed E-state index contributed by atoms with van der Waals surface area (Å²) in [6, 6.07) is 14.7. The van der Waals surface area contributed by atoms with Crippen LogP contribution in [0.3, 0.4) is 0 Å². The lowest BCUT2D eigenvalue weighted by Gasteiger charge is -2.23. The fraction of sp³-hybridized carbons (Fsp3) is 0.333. The number of nitrogens with zero attached hydrogens (tertiary/aromatic N) is 2. The Kier molecular flexibility index (Phi) is 5.13. The summed E-state index contributed by atoms with van der Waals surface area (Å²) in [7, 11) is -3.44. The third-order valence-corrected chi connectivity index (χ3v) is 6.43. The van der Waals surface area contributed by atoms with Crippen LogP contribution in [0.4, 0.5) is 5.69 Å². The molecule has 0 bridgehead atoms. The van der Waals surface area contributed by atoms with Gasteiger partial charge in [0.25, 0.3) is 0 Å². The Balaban J connectivity index is 1.76. The van der Waals surface area contributed by atoms with E-state index in [0.29, 0.717) is 29.6 Å². The normalized spacial score (nSPS) is 16.8. The molecule has 1 heterocycles. The maximum absolute atomic E-state index is 12.8. The van der Waals surface area contributed by atoms with Gasteiger partial charge in [0.05, 0.1) is 4.90 Å². The molecule has 0 aliphatic carbocycles. The average molecular weight is 365 g/mol. The van der Waals surface area contributed by atoms with Crippen LogP contribution in [-0.2, 0) is 10.0 Å². The lowest BCUT2D eigenvalue weighted by molar-refractivity contribution is 0.433. The van der Waals surface area contributed by atoms with Gasteiger partial charge in [-0.2, -0.15) is 4.31 Å². The molecule has 0 radical (unpaired) electrons. The highest BCUT2D eigenvalue weighted by Crippen LogP contribution is 2.23. The molecule has 0 unspecified atom stereocenters. The second-order valence-corrected chi connectivity index (χ2v) is 8.41. The Morgan fingerprint density at radius 1 is 0.958 bits per heavy atom. The topological polar surface area (TPSA) is 40.6 Å². The standard InChI is InChI=1S/C18H21ClN2O2S/c1-15-6-8-18(9-7-15)24(22,23)21-11-3-10-20(12-13-21)17-5-2-4-16(19)14-17/h2,4-9,14H,3,10-13H2,1H3. The van der Waals surface area contributed by atoms with E-state index in [-0.39, 0.29) is 0 Å². The Labute approximate surface area is 148 Å². The first-order valence-corrected chi connectivity index (χ1v) is 9.86. The fourth-order valence-electron chi connectivity index (χ4n) is 2.92. The largest absolute Gasteiger partial charge is 0.370 e. The molecule has 0 N–H and O–H groups in total. The first kappa shape index (κ1) is 17.3. The molecule has 1 aliphatic heterocycles. The van der Waals surface area contributed by atoms with E-state index in [4.69, 9.17) is 11.6 Å². The Morgan fingerprint density at radius 3 is 2.42 bits per heavy atom.